The van der Waals surface area contributed by atoms with Crippen molar-refractivity contribution in [1.82, 2.24) is 5.43 Å². The Morgan fingerprint density at radius 2 is 2.00 bits per heavy atom. The van der Waals surface area contributed by atoms with Crippen LogP contribution >= 0.6 is 11.6 Å². The zero-order valence-electron chi connectivity index (χ0n) is 15.4. The van der Waals surface area contributed by atoms with Gasteiger partial charge in [-0.1, -0.05) is 11.6 Å². The van der Waals surface area contributed by atoms with Gasteiger partial charge in [0.25, 0.3) is 5.91 Å². The van der Waals surface area contributed by atoms with E-state index < -0.39 is 16.5 Å². The number of nitro groups is 1. The second-order valence-electron chi connectivity index (χ2n) is 5.77. The van der Waals surface area contributed by atoms with Crippen molar-refractivity contribution in [2.45, 2.75) is 13.8 Å². The molecule has 0 unspecified atom stereocenters. The Kier molecular flexibility index (Phi) is 6.78. The molecule has 10 heteroatoms. The summed E-state index contributed by atoms with van der Waals surface area (Å²) in [6.45, 7) is 3.34. The summed E-state index contributed by atoms with van der Waals surface area (Å²) in [5.41, 5.74) is 3.44. The molecule has 28 heavy (non-hydrogen) atoms. The van der Waals surface area contributed by atoms with Gasteiger partial charge in [-0.3, -0.25) is 14.9 Å². The van der Waals surface area contributed by atoms with Crippen LogP contribution in [0.4, 0.5) is 5.69 Å². The molecule has 0 aliphatic heterocycles. The Balaban J connectivity index is 2.03. The number of carbonyl (C=O) groups excluding carboxylic acids is 1. The molecule has 0 aliphatic rings. The van der Waals surface area contributed by atoms with Crippen molar-refractivity contribution in [3.05, 3.63) is 56.1 Å². The first kappa shape index (κ1) is 21.0. The van der Waals surface area contributed by atoms with Crippen molar-refractivity contribution in [2.75, 3.05) is 13.7 Å². The van der Waals surface area contributed by atoms with Crippen LogP contribution in [0.5, 0.6) is 17.2 Å². The van der Waals surface area contributed by atoms with Crippen LogP contribution in [0.15, 0.2) is 29.4 Å². The summed E-state index contributed by atoms with van der Waals surface area (Å²) in [6.07, 6.45) is 1.08. The van der Waals surface area contributed by atoms with Gasteiger partial charge in [-0.15, -0.1) is 0 Å². The molecule has 0 heterocycles. The first-order chi connectivity index (χ1) is 13.2. The normalized spacial score (nSPS) is 10.7. The zero-order valence-corrected chi connectivity index (χ0v) is 16.1. The number of aromatic hydroxyl groups is 1. The van der Waals surface area contributed by atoms with Crippen LogP contribution in [0, 0.1) is 24.0 Å². The molecule has 0 spiro atoms. The van der Waals surface area contributed by atoms with Crippen molar-refractivity contribution in [3.63, 3.8) is 0 Å². The monoisotopic (exact) mass is 407 g/mol. The first-order valence-corrected chi connectivity index (χ1v) is 8.38. The standard InChI is InChI=1S/C18H18ClN3O6/c1-10-6-13(7-11(2)16(10)19)28-9-15(24)21-20-8-12-4-5-14(23)18(27-3)17(12)22(25)26/h4-8,23H,9H2,1-3H3,(H,21,24). The van der Waals surface area contributed by atoms with Crippen LogP contribution < -0.4 is 14.9 Å². The van der Waals surface area contributed by atoms with Crippen LogP contribution in [0.1, 0.15) is 16.7 Å². The van der Waals surface area contributed by atoms with Gasteiger partial charge in [0.15, 0.2) is 12.4 Å². The lowest BCUT2D eigenvalue weighted by atomic mass is 10.1. The molecule has 148 valence electrons. The number of benzene rings is 2. The number of hydrogen-bond donors (Lipinski definition) is 2. The summed E-state index contributed by atoms with van der Waals surface area (Å²) in [5.74, 6) is -0.748. The fourth-order valence-corrected chi connectivity index (χ4v) is 2.52. The fourth-order valence-electron chi connectivity index (χ4n) is 2.41. The van der Waals surface area contributed by atoms with Gasteiger partial charge in [0.1, 0.15) is 5.75 Å². The Labute approximate surface area is 165 Å². The number of ether oxygens (including phenoxy) is 2. The SMILES string of the molecule is COc1c(O)ccc(C=NNC(=O)COc2cc(C)c(Cl)c(C)c2)c1[N+](=O)[O-]. The Morgan fingerprint density at radius 3 is 2.57 bits per heavy atom. The molecule has 2 rings (SSSR count). The van der Waals surface area contributed by atoms with Gasteiger partial charge in [0.2, 0.25) is 5.75 Å². The molecule has 0 saturated heterocycles. The lowest BCUT2D eigenvalue weighted by Gasteiger charge is -2.09. The van der Waals surface area contributed by atoms with Crippen LogP contribution in [0.3, 0.4) is 0 Å². The number of halogens is 1. The summed E-state index contributed by atoms with van der Waals surface area (Å²) in [7, 11) is 1.20. The Morgan fingerprint density at radius 1 is 1.36 bits per heavy atom. The highest BCUT2D eigenvalue weighted by molar-refractivity contribution is 6.32. The predicted octanol–water partition coefficient (Wildman–Crippen LogP) is 3.11. The van der Waals surface area contributed by atoms with Gasteiger partial charge in [-0.2, -0.15) is 5.10 Å². The maximum absolute atomic E-state index is 11.9. The van der Waals surface area contributed by atoms with E-state index >= 15 is 0 Å². The van der Waals surface area contributed by atoms with Gasteiger partial charge in [-0.05, 0) is 49.2 Å². The number of methoxy groups -OCH3 is 1. The number of carbonyl (C=O) groups is 1. The first-order valence-electron chi connectivity index (χ1n) is 8.00. The molecule has 2 aromatic carbocycles. The van der Waals surface area contributed by atoms with Crippen molar-refractivity contribution >= 4 is 29.4 Å². The molecule has 0 atom stereocenters. The van der Waals surface area contributed by atoms with Gasteiger partial charge in [-0.25, -0.2) is 5.43 Å². The number of phenolic OH excluding ortho intramolecular Hbond substituents is 1. The molecule has 0 aromatic heterocycles. The number of phenols is 1. The highest BCUT2D eigenvalue weighted by Crippen LogP contribution is 2.37. The molecule has 0 aliphatic carbocycles. The quantitative estimate of drug-likeness (QED) is 0.413. The van der Waals surface area contributed by atoms with E-state index in [0.29, 0.717) is 10.8 Å². The maximum Gasteiger partial charge on any atom is 0.323 e. The van der Waals surface area contributed by atoms with Crippen molar-refractivity contribution in [2.24, 2.45) is 5.10 Å². The van der Waals surface area contributed by atoms with Crippen LogP contribution in [-0.2, 0) is 4.79 Å². The number of aryl methyl sites for hydroxylation is 2. The molecule has 2 N–H and O–H groups in total. The number of nitrogens with zero attached hydrogens (tertiary/aromatic N) is 2. The molecule has 0 radical (unpaired) electrons. The van der Waals surface area contributed by atoms with Crippen molar-refractivity contribution in [1.29, 1.82) is 0 Å². The number of nitro benzene ring substituents is 1. The summed E-state index contributed by atoms with van der Waals surface area (Å²) in [5, 5.41) is 25.2. The molecular weight excluding hydrogens is 390 g/mol. The molecular formula is C18H18ClN3O6. The lowest BCUT2D eigenvalue weighted by molar-refractivity contribution is -0.386. The molecule has 0 fully saturated rings. The second-order valence-corrected chi connectivity index (χ2v) is 6.14. The smallest absolute Gasteiger partial charge is 0.323 e. The lowest BCUT2D eigenvalue weighted by Crippen LogP contribution is -2.24. The number of rotatable bonds is 7. The summed E-state index contributed by atoms with van der Waals surface area (Å²) >= 11 is 6.08. The largest absolute Gasteiger partial charge is 0.504 e. The minimum Gasteiger partial charge on any atom is -0.504 e. The van der Waals surface area contributed by atoms with E-state index in [2.05, 4.69) is 10.5 Å². The maximum atomic E-state index is 11.9. The number of hydrazone groups is 1. The fraction of sp³-hybridized carbons (Fsp3) is 0.222. The highest BCUT2D eigenvalue weighted by atomic mass is 35.5. The van der Waals surface area contributed by atoms with E-state index in [0.717, 1.165) is 17.3 Å². The van der Waals surface area contributed by atoms with Crippen LogP contribution in [-0.4, -0.2) is 35.9 Å². The number of amides is 1. The van der Waals surface area contributed by atoms with Crippen LogP contribution in [0.25, 0.3) is 0 Å². The van der Waals surface area contributed by atoms with E-state index in [4.69, 9.17) is 21.1 Å². The number of nitrogens with one attached hydrogen (secondary N) is 1. The molecule has 9 nitrogen and oxygen atoms in total. The summed E-state index contributed by atoms with van der Waals surface area (Å²) < 4.78 is 10.2. The summed E-state index contributed by atoms with van der Waals surface area (Å²) in [4.78, 5) is 22.4. The Bertz CT molecular complexity index is 922. The Hall–Kier alpha value is -3.33. The second kappa shape index (κ2) is 9.05. The topological polar surface area (TPSA) is 123 Å². The average molecular weight is 408 g/mol. The van der Waals surface area contributed by atoms with Gasteiger partial charge >= 0.3 is 5.69 Å². The summed E-state index contributed by atoms with van der Waals surface area (Å²) in [6, 6.07) is 5.92. The van der Waals surface area contributed by atoms with E-state index in [1.807, 2.05) is 13.8 Å². The van der Waals surface area contributed by atoms with Gasteiger partial charge in [0, 0.05) is 5.02 Å². The minimum atomic E-state index is -0.712. The minimum absolute atomic E-state index is 0.0461. The molecule has 2 aromatic rings. The van der Waals surface area contributed by atoms with E-state index in [9.17, 15) is 20.0 Å². The third-order valence-corrected chi connectivity index (χ3v) is 4.30. The van der Waals surface area contributed by atoms with E-state index in [-0.39, 0.29) is 23.7 Å². The van der Waals surface area contributed by atoms with Crippen molar-refractivity contribution in [3.8, 4) is 17.2 Å². The molecule has 0 bridgehead atoms. The molecule has 0 saturated carbocycles. The third-order valence-electron chi connectivity index (χ3n) is 3.70. The van der Waals surface area contributed by atoms with Gasteiger partial charge in [0.05, 0.1) is 23.8 Å². The highest BCUT2D eigenvalue weighted by Gasteiger charge is 2.23. The van der Waals surface area contributed by atoms with Crippen molar-refractivity contribution < 1.29 is 24.3 Å². The predicted molar refractivity (Wildman–Crippen MR) is 103 cm³/mol. The molecule has 1 amide bonds. The number of hydrogen-bond acceptors (Lipinski definition) is 7. The van der Waals surface area contributed by atoms with Crippen LogP contribution in [0.2, 0.25) is 5.02 Å². The van der Waals surface area contributed by atoms with E-state index in [1.165, 1.54) is 19.2 Å². The van der Waals surface area contributed by atoms with Gasteiger partial charge < -0.3 is 14.6 Å². The van der Waals surface area contributed by atoms with E-state index in [1.54, 1.807) is 12.1 Å². The third kappa shape index (κ3) is 4.89. The average Bonchev–Trinajstić information content (AvgIpc) is 2.64. The zero-order chi connectivity index (χ0) is 20.8.